The Morgan fingerprint density at radius 2 is 2.06 bits per heavy atom. The fraction of sp³-hybridized carbons (Fsp3) is 0.333. The standard InChI is InChI=1S/C12H15N3O2S/c1-16-10-4-2-9(3-5-10)6-7-18-12-15-14-11(8-13)17-12/h2-5H,6-8,13H2,1H3. The van der Waals surface area contributed by atoms with E-state index in [4.69, 9.17) is 14.9 Å². The lowest BCUT2D eigenvalue weighted by atomic mass is 10.2. The fourth-order valence-corrected chi connectivity index (χ4v) is 2.19. The van der Waals surface area contributed by atoms with Gasteiger partial charge in [-0.3, -0.25) is 0 Å². The highest BCUT2D eigenvalue weighted by molar-refractivity contribution is 7.99. The minimum absolute atomic E-state index is 0.284. The van der Waals surface area contributed by atoms with Crippen LogP contribution in [-0.2, 0) is 13.0 Å². The van der Waals surface area contributed by atoms with Gasteiger partial charge in [-0.25, -0.2) is 0 Å². The van der Waals surface area contributed by atoms with Crippen LogP contribution in [0.15, 0.2) is 33.9 Å². The Kier molecular flexibility index (Phi) is 4.60. The number of ether oxygens (including phenoxy) is 1. The number of nitrogens with zero attached hydrogens (tertiary/aromatic N) is 2. The molecule has 1 aromatic carbocycles. The molecule has 2 rings (SSSR count). The summed E-state index contributed by atoms with van der Waals surface area (Å²) in [5, 5.41) is 8.27. The van der Waals surface area contributed by atoms with Gasteiger partial charge in [0, 0.05) is 5.75 Å². The molecule has 0 radical (unpaired) electrons. The molecule has 0 bridgehead atoms. The summed E-state index contributed by atoms with van der Waals surface area (Å²) in [5.41, 5.74) is 6.64. The lowest BCUT2D eigenvalue weighted by Crippen LogP contribution is -1.95. The molecule has 2 aromatic rings. The second-order valence-corrected chi connectivity index (χ2v) is 4.66. The first-order valence-electron chi connectivity index (χ1n) is 5.60. The van der Waals surface area contributed by atoms with Crippen LogP contribution < -0.4 is 10.5 Å². The summed E-state index contributed by atoms with van der Waals surface area (Å²) < 4.78 is 10.4. The number of benzene rings is 1. The Hall–Kier alpha value is -1.53. The van der Waals surface area contributed by atoms with E-state index in [1.807, 2.05) is 12.1 Å². The Labute approximate surface area is 110 Å². The molecule has 18 heavy (non-hydrogen) atoms. The van der Waals surface area contributed by atoms with Gasteiger partial charge in [-0.15, -0.1) is 10.2 Å². The van der Waals surface area contributed by atoms with Gasteiger partial charge in [-0.1, -0.05) is 23.9 Å². The molecule has 0 unspecified atom stereocenters. The van der Waals surface area contributed by atoms with Crippen LogP contribution in [0, 0.1) is 0 Å². The summed E-state index contributed by atoms with van der Waals surface area (Å²) in [6, 6.07) is 8.02. The van der Waals surface area contributed by atoms with Crippen LogP contribution in [0.2, 0.25) is 0 Å². The lowest BCUT2D eigenvalue weighted by Gasteiger charge is -2.02. The zero-order valence-electron chi connectivity index (χ0n) is 10.1. The molecule has 0 aliphatic rings. The van der Waals surface area contributed by atoms with Gasteiger partial charge in [0.15, 0.2) is 0 Å². The van der Waals surface area contributed by atoms with Crippen LogP contribution in [0.25, 0.3) is 0 Å². The molecule has 0 spiro atoms. The summed E-state index contributed by atoms with van der Waals surface area (Å²) in [6.45, 7) is 0.284. The van der Waals surface area contributed by atoms with Crippen LogP contribution in [0.1, 0.15) is 11.5 Å². The molecular weight excluding hydrogens is 250 g/mol. The predicted octanol–water partition coefficient (Wildman–Crippen LogP) is 1.87. The minimum Gasteiger partial charge on any atom is -0.497 e. The average molecular weight is 265 g/mol. The fourth-order valence-electron chi connectivity index (χ4n) is 1.43. The quantitative estimate of drug-likeness (QED) is 0.804. The van der Waals surface area contributed by atoms with Gasteiger partial charge in [-0.2, -0.15) is 0 Å². The van der Waals surface area contributed by atoms with Gasteiger partial charge in [-0.05, 0) is 24.1 Å². The Bertz CT molecular complexity index is 484. The molecule has 6 heteroatoms. The molecule has 1 heterocycles. The summed E-state index contributed by atoms with van der Waals surface area (Å²) in [6.07, 6.45) is 0.939. The lowest BCUT2D eigenvalue weighted by molar-refractivity contribution is 0.414. The third-order valence-electron chi connectivity index (χ3n) is 2.40. The molecule has 5 nitrogen and oxygen atoms in total. The Balaban J connectivity index is 1.80. The monoisotopic (exact) mass is 265 g/mol. The van der Waals surface area contributed by atoms with E-state index in [9.17, 15) is 0 Å². The summed E-state index contributed by atoms with van der Waals surface area (Å²) in [5.74, 6) is 2.23. The molecule has 1 aromatic heterocycles. The molecule has 0 saturated heterocycles. The zero-order valence-corrected chi connectivity index (χ0v) is 10.9. The van der Waals surface area contributed by atoms with Crippen molar-refractivity contribution in [3.05, 3.63) is 35.7 Å². The smallest absolute Gasteiger partial charge is 0.276 e. The zero-order chi connectivity index (χ0) is 12.8. The maximum Gasteiger partial charge on any atom is 0.276 e. The number of nitrogens with two attached hydrogens (primary N) is 1. The molecule has 0 amide bonds. The number of hydrogen-bond donors (Lipinski definition) is 1. The third-order valence-corrected chi connectivity index (χ3v) is 3.22. The predicted molar refractivity (Wildman–Crippen MR) is 69.6 cm³/mol. The van der Waals surface area contributed by atoms with E-state index >= 15 is 0 Å². The largest absolute Gasteiger partial charge is 0.497 e. The van der Waals surface area contributed by atoms with Gasteiger partial charge in [0.25, 0.3) is 5.22 Å². The van der Waals surface area contributed by atoms with Gasteiger partial charge in [0.1, 0.15) is 5.75 Å². The maximum atomic E-state index is 5.39. The molecule has 0 aliphatic carbocycles. The van der Waals surface area contributed by atoms with Crippen molar-refractivity contribution in [1.29, 1.82) is 0 Å². The summed E-state index contributed by atoms with van der Waals surface area (Å²) in [7, 11) is 1.66. The highest BCUT2D eigenvalue weighted by Gasteiger charge is 2.04. The molecule has 96 valence electrons. The Morgan fingerprint density at radius 3 is 2.67 bits per heavy atom. The number of methoxy groups -OCH3 is 1. The topological polar surface area (TPSA) is 74.2 Å². The molecule has 0 aliphatic heterocycles. The highest BCUT2D eigenvalue weighted by atomic mass is 32.2. The Morgan fingerprint density at radius 1 is 1.28 bits per heavy atom. The minimum atomic E-state index is 0.284. The second-order valence-electron chi connectivity index (χ2n) is 3.61. The van der Waals surface area contributed by atoms with Crippen molar-refractivity contribution in [3.8, 4) is 5.75 Å². The van der Waals surface area contributed by atoms with Crippen LogP contribution in [0.5, 0.6) is 5.75 Å². The van der Waals surface area contributed by atoms with E-state index < -0.39 is 0 Å². The van der Waals surface area contributed by atoms with Crippen molar-refractivity contribution in [1.82, 2.24) is 10.2 Å². The van der Waals surface area contributed by atoms with E-state index in [0.717, 1.165) is 17.9 Å². The normalized spacial score (nSPS) is 10.6. The van der Waals surface area contributed by atoms with Crippen molar-refractivity contribution in [2.45, 2.75) is 18.2 Å². The summed E-state index contributed by atoms with van der Waals surface area (Å²) in [4.78, 5) is 0. The van der Waals surface area contributed by atoms with Crippen molar-refractivity contribution in [2.75, 3.05) is 12.9 Å². The van der Waals surface area contributed by atoms with Crippen LogP contribution in [-0.4, -0.2) is 23.1 Å². The first-order chi connectivity index (χ1) is 8.81. The second kappa shape index (κ2) is 6.42. The van der Waals surface area contributed by atoms with E-state index in [2.05, 4.69) is 22.3 Å². The first-order valence-corrected chi connectivity index (χ1v) is 6.58. The molecular formula is C12H15N3O2S. The van der Waals surface area contributed by atoms with Gasteiger partial charge >= 0.3 is 0 Å². The third kappa shape index (κ3) is 3.48. The highest BCUT2D eigenvalue weighted by Crippen LogP contribution is 2.18. The number of aryl methyl sites for hydroxylation is 1. The SMILES string of the molecule is COc1ccc(CCSc2nnc(CN)o2)cc1. The van der Waals surface area contributed by atoms with Gasteiger partial charge in [0.2, 0.25) is 5.89 Å². The molecule has 0 atom stereocenters. The maximum absolute atomic E-state index is 5.39. The van der Waals surface area contributed by atoms with E-state index in [1.54, 1.807) is 7.11 Å². The first kappa shape index (κ1) is 12.9. The van der Waals surface area contributed by atoms with E-state index in [0.29, 0.717) is 11.1 Å². The van der Waals surface area contributed by atoms with Crippen LogP contribution in [0.3, 0.4) is 0 Å². The van der Waals surface area contributed by atoms with Crippen molar-refractivity contribution in [2.24, 2.45) is 5.73 Å². The van der Waals surface area contributed by atoms with Gasteiger partial charge in [0.05, 0.1) is 13.7 Å². The van der Waals surface area contributed by atoms with Crippen molar-refractivity contribution < 1.29 is 9.15 Å². The number of hydrogen-bond acceptors (Lipinski definition) is 6. The number of thioether (sulfide) groups is 1. The summed E-state index contributed by atoms with van der Waals surface area (Å²) >= 11 is 1.53. The van der Waals surface area contributed by atoms with Crippen molar-refractivity contribution in [3.63, 3.8) is 0 Å². The van der Waals surface area contributed by atoms with Gasteiger partial charge < -0.3 is 14.9 Å². The van der Waals surface area contributed by atoms with E-state index in [1.165, 1.54) is 17.3 Å². The average Bonchev–Trinajstić information content (AvgIpc) is 2.87. The molecule has 2 N–H and O–H groups in total. The number of aromatic nitrogens is 2. The molecule has 0 saturated carbocycles. The van der Waals surface area contributed by atoms with Crippen LogP contribution >= 0.6 is 11.8 Å². The number of rotatable bonds is 6. The van der Waals surface area contributed by atoms with Crippen molar-refractivity contribution >= 4 is 11.8 Å². The van der Waals surface area contributed by atoms with E-state index in [-0.39, 0.29) is 6.54 Å². The molecule has 0 fully saturated rings. The van der Waals surface area contributed by atoms with Crippen LogP contribution in [0.4, 0.5) is 0 Å².